The smallest absolute Gasteiger partial charge is 0.243 e. The third kappa shape index (κ3) is 7.04. The molecule has 0 saturated carbocycles. The molecule has 2 aromatic rings. The zero-order valence-electron chi connectivity index (χ0n) is 18.8. The van der Waals surface area contributed by atoms with E-state index < -0.39 is 10.0 Å². The summed E-state index contributed by atoms with van der Waals surface area (Å²) < 4.78 is 33.0. The lowest BCUT2D eigenvalue weighted by atomic mass is 10.2. The monoisotopic (exact) mass is 445 g/mol. The molecule has 170 valence electrons. The summed E-state index contributed by atoms with van der Waals surface area (Å²) in [6.45, 7) is 11.4. The molecule has 3 rings (SSSR count). The Morgan fingerprint density at radius 3 is 2.35 bits per heavy atom. The molecule has 0 spiro atoms. The highest BCUT2D eigenvalue weighted by atomic mass is 32.2. The van der Waals surface area contributed by atoms with Gasteiger partial charge in [0.25, 0.3) is 0 Å². The maximum atomic E-state index is 12.8. The molecule has 0 bridgehead atoms. The third-order valence-electron chi connectivity index (χ3n) is 5.38. The molecule has 2 aromatic carbocycles. The van der Waals surface area contributed by atoms with E-state index >= 15 is 0 Å². The van der Waals surface area contributed by atoms with Crippen LogP contribution in [-0.4, -0.2) is 63.0 Å². The molecule has 1 aliphatic heterocycles. The Bertz CT molecular complexity index is 911. The third-order valence-corrected chi connectivity index (χ3v) is 7.29. The van der Waals surface area contributed by atoms with Gasteiger partial charge in [0.15, 0.2) is 0 Å². The second-order valence-electron chi connectivity index (χ2n) is 8.65. The highest BCUT2D eigenvalue weighted by molar-refractivity contribution is 7.89. The van der Waals surface area contributed by atoms with Crippen molar-refractivity contribution in [2.75, 3.05) is 39.3 Å². The van der Waals surface area contributed by atoms with Crippen LogP contribution < -0.4 is 10.1 Å². The van der Waals surface area contributed by atoms with Gasteiger partial charge in [-0.2, -0.15) is 4.31 Å². The molecule has 1 unspecified atom stereocenters. The average molecular weight is 446 g/mol. The first-order chi connectivity index (χ1) is 14.8. The first kappa shape index (κ1) is 23.7. The van der Waals surface area contributed by atoms with Gasteiger partial charge in [0, 0.05) is 45.3 Å². The van der Waals surface area contributed by atoms with Crippen molar-refractivity contribution in [2.45, 2.75) is 38.3 Å². The second-order valence-corrected chi connectivity index (χ2v) is 10.6. The summed E-state index contributed by atoms with van der Waals surface area (Å²) in [7, 11) is -3.40. The van der Waals surface area contributed by atoms with Crippen LogP contribution in [0.4, 0.5) is 0 Å². The van der Waals surface area contributed by atoms with Crippen molar-refractivity contribution in [3.63, 3.8) is 0 Å². The van der Waals surface area contributed by atoms with Gasteiger partial charge in [-0.3, -0.25) is 4.90 Å². The summed E-state index contributed by atoms with van der Waals surface area (Å²) in [5, 5.41) is 3.58. The van der Waals surface area contributed by atoms with Gasteiger partial charge < -0.3 is 10.1 Å². The lowest BCUT2D eigenvalue weighted by Crippen LogP contribution is -2.51. The number of rotatable bonds is 10. The fourth-order valence-corrected chi connectivity index (χ4v) is 5.09. The molecular formula is C24H35N3O3S. The van der Waals surface area contributed by atoms with Gasteiger partial charge in [0.1, 0.15) is 5.75 Å². The van der Waals surface area contributed by atoms with Gasteiger partial charge in [-0.05, 0) is 42.7 Å². The predicted octanol–water partition coefficient (Wildman–Crippen LogP) is 3.21. The van der Waals surface area contributed by atoms with Crippen molar-refractivity contribution in [3.8, 4) is 5.75 Å². The van der Waals surface area contributed by atoms with Crippen LogP contribution in [0.5, 0.6) is 5.75 Å². The Hall–Kier alpha value is -1.93. The second kappa shape index (κ2) is 11.1. The molecule has 1 atom stereocenters. The molecule has 1 saturated heterocycles. The number of piperazine rings is 1. The van der Waals surface area contributed by atoms with Crippen LogP contribution in [0.15, 0.2) is 59.5 Å². The Kier molecular flexibility index (Phi) is 8.49. The van der Waals surface area contributed by atoms with Gasteiger partial charge in [-0.1, -0.05) is 44.2 Å². The first-order valence-electron chi connectivity index (χ1n) is 11.1. The predicted molar refractivity (Wildman–Crippen MR) is 125 cm³/mol. The highest BCUT2D eigenvalue weighted by Gasteiger charge is 2.28. The SMILES string of the molecule is CC(C)COc1cccc(CNC(C)CN2CCN(S(=O)(=O)c3ccccc3)CC2)c1. The summed E-state index contributed by atoms with van der Waals surface area (Å²) in [6.07, 6.45) is 0. The molecule has 1 fully saturated rings. The van der Waals surface area contributed by atoms with E-state index in [1.54, 1.807) is 28.6 Å². The molecule has 31 heavy (non-hydrogen) atoms. The Labute approximate surface area is 187 Å². The van der Waals surface area contributed by atoms with Crippen molar-refractivity contribution >= 4 is 10.0 Å². The number of hydrogen-bond donors (Lipinski definition) is 1. The van der Waals surface area contributed by atoms with Crippen LogP contribution in [0, 0.1) is 5.92 Å². The zero-order chi connectivity index (χ0) is 22.3. The molecule has 0 radical (unpaired) electrons. The van der Waals surface area contributed by atoms with E-state index in [0.717, 1.165) is 38.5 Å². The minimum atomic E-state index is -3.40. The summed E-state index contributed by atoms with van der Waals surface area (Å²) in [5.41, 5.74) is 1.20. The fourth-order valence-electron chi connectivity index (χ4n) is 3.65. The molecule has 0 aromatic heterocycles. The summed E-state index contributed by atoms with van der Waals surface area (Å²) >= 11 is 0. The lowest BCUT2D eigenvalue weighted by Gasteiger charge is -2.35. The van der Waals surface area contributed by atoms with Gasteiger partial charge in [-0.15, -0.1) is 0 Å². The van der Waals surface area contributed by atoms with E-state index in [2.05, 4.69) is 43.1 Å². The number of hydrogen-bond acceptors (Lipinski definition) is 5. The number of ether oxygens (including phenoxy) is 1. The van der Waals surface area contributed by atoms with Crippen molar-refractivity contribution in [1.82, 2.24) is 14.5 Å². The van der Waals surface area contributed by atoms with E-state index in [1.807, 2.05) is 18.2 Å². The Morgan fingerprint density at radius 1 is 0.968 bits per heavy atom. The van der Waals surface area contributed by atoms with E-state index in [1.165, 1.54) is 5.56 Å². The topological polar surface area (TPSA) is 61.9 Å². The van der Waals surface area contributed by atoms with Crippen LogP contribution in [-0.2, 0) is 16.6 Å². The standard InChI is InChI=1S/C24H35N3O3S/c1-20(2)19-30-23-9-7-8-22(16-23)17-25-21(3)18-26-12-14-27(15-13-26)31(28,29)24-10-5-4-6-11-24/h4-11,16,20-21,25H,12-15,17-19H2,1-3H3. The maximum Gasteiger partial charge on any atom is 0.243 e. The van der Waals surface area contributed by atoms with E-state index in [0.29, 0.717) is 29.9 Å². The van der Waals surface area contributed by atoms with Crippen molar-refractivity contribution in [3.05, 3.63) is 60.2 Å². The van der Waals surface area contributed by atoms with Gasteiger partial charge >= 0.3 is 0 Å². The average Bonchev–Trinajstić information content (AvgIpc) is 2.77. The normalized spacial score (nSPS) is 17.0. The summed E-state index contributed by atoms with van der Waals surface area (Å²) in [6, 6.07) is 17.2. The largest absolute Gasteiger partial charge is 0.493 e. The van der Waals surface area contributed by atoms with Gasteiger partial charge in [0.05, 0.1) is 11.5 Å². The molecule has 0 aliphatic carbocycles. The van der Waals surface area contributed by atoms with Crippen LogP contribution >= 0.6 is 0 Å². The molecule has 1 aliphatic rings. The molecule has 0 amide bonds. The minimum absolute atomic E-state index is 0.303. The number of nitrogens with zero attached hydrogens (tertiary/aromatic N) is 2. The molecule has 7 heteroatoms. The lowest BCUT2D eigenvalue weighted by molar-refractivity contribution is 0.175. The Balaban J connectivity index is 1.43. The van der Waals surface area contributed by atoms with Crippen LogP contribution in [0.1, 0.15) is 26.3 Å². The minimum Gasteiger partial charge on any atom is -0.493 e. The van der Waals surface area contributed by atoms with Crippen molar-refractivity contribution in [2.24, 2.45) is 5.92 Å². The van der Waals surface area contributed by atoms with Crippen LogP contribution in [0.25, 0.3) is 0 Å². The van der Waals surface area contributed by atoms with Crippen molar-refractivity contribution < 1.29 is 13.2 Å². The number of benzene rings is 2. The summed E-state index contributed by atoms with van der Waals surface area (Å²) in [5.74, 6) is 1.42. The molecule has 6 nitrogen and oxygen atoms in total. The number of nitrogens with one attached hydrogen (secondary N) is 1. The fraction of sp³-hybridized carbons (Fsp3) is 0.500. The van der Waals surface area contributed by atoms with E-state index in [4.69, 9.17) is 4.74 Å². The van der Waals surface area contributed by atoms with Gasteiger partial charge in [0.2, 0.25) is 10.0 Å². The van der Waals surface area contributed by atoms with Gasteiger partial charge in [-0.25, -0.2) is 8.42 Å². The van der Waals surface area contributed by atoms with Crippen LogP contribution in [0.2, 0.25) is 0 Å². The quantitative estimate of drug-likeness (QED) is 0.609. The first-order valence-corrected chi connectivity index (χ1v) is 12.5. The van der Waals surface area contributed by atoms with E-state index in [9.17, 15) is 8.42 Å². The molecule has 1 heterocycles. The van der Waals surface area contributed by atoms with E-state index in [-0.39, 0.29) is 0 Å². The maximum absolute atomic E-state index is 12.8. The summed E-state index contributed by atoms with van der Waals surface area (Å²) in [4.78, 5) is 2.70. The van der Waals surface area contributed by atoms with Crippen LogP contribution in [0.3, 0.4) is 0 Å². The number of sulfonamides is 1. The molecular weight excluding hydrogens is 410 g/mol. The zero-order valence-corrected chi connectivity index (χ0v) is 19.6. The Morgan fingerprint density at radius 2 is 1.68 bits per heavy atom. The molecule has 1 N–H and O–H groups in total. The van der Waals surface area contributed by atoms with Crippen molar-refractivity contribution in [1.29, 1.82) is 0 Å². The highest BCUT2D eigenvalue weighted by Crippen LogP contribution is 2.18.